The zero-order valence-corrected chi connectivity index (χ0v) is 6.31. The Labute approximate surface area is 61.7 Å². The van der Waals surface area contributed by atoms with Gasteiger partial charge < -0.3 is 10.5 Å². The first kappa shape index (κ1) is 6.62. The van der Waals surface area contributed by atoms with E-state index in [9.17, 15) is 0 Å². The number of hydrogen-bond acceptors (Lipinski definition) is 2. The molecule has 2 N–H and O–H groups in total. The van der Waals surface area contributed by atoms with E-state index in [1.54, 1.807) is 0 Å². The molecule has 0 bridgehead atoms. The van der Waals surface area contributed by atoms with Crippen LogP contribution in [0.15, 0.2) is 0 Å². The SMILES string of the molecule is NC[C@H]1CCC2(CC2)OC1. The van der Waals surface area contributed by atoms with Crippen LogP contribution in [0.4, 0.5) is 0 Å². The lowest BCUT2D eigenvalue weighted by Crippen LogP contribution is -2.31. The lowest BCUT2D eigenvalue weighted by molar-refractivity contribution is -0.0317. The average molecular weight is 141 g/mol. The van der Waals surface area contributed by atoms with E-state index in [1.165, 1.54) is 25.7 Å². The highest BCUT2D eigenvalue weighted by Gasteiger charge is 2.46. The van der Waals surface area contributed by atoms with Crippen molar-refractivity contribution in [3.63, 3.8) is 0 Å². The smallest absolute Gasteiger partial charge is 0.0685 e. The summed E-state index contributed by atoms with van der Waals surface area (Å²) >= 11 is 0. The van der Waals surface area contributed by atoms with Crippen LogP contribution in [-0.4, -0.2) is 18.8 Å². The predicted molar refractivity (Wildman–Crippen MR) is 39.7 cm³/mol. The summed E-state index contributed by atoms with van der Waals surface area (Å²) < 4.78 is 5.70. The highest BCUT2D eigenvalue weighted by atomic mass is 16.5. The molecular formula is C8H15NO. The fourth-order valence-electron chi connectivity index (χ4n) is 1.64. The highest BCUT2D eigenvalue weighted by Crippen LogP contribution is 2.47. The lowest BCUT2D eigenvalue weighted by Gasteiger charge is -2.27. The Balaban J connectivity index is 1.84. The molecule has 0 aromatic rings. The summed E-state index contributed by atoms with van der Waals surface area (Å²) in [4.78, 5) is 0. The average Bonchev–Trinajstić information content (AvgIpc) is 2.72. The van der Waals surface area contributed by atoms with Crippen LogP contribution in [0.1, 0.15) is 25.7 Å². The molecule has 0 unspecified atom stereocenters. The molecule has 2 aliphatic rings. The summed E-state index contributed by atoms with van der Waals surface area (Å²) in [6.45, 7) is 1.71. The summed E-state index contributed by atoms with van der Waals surface area (Å²) in [6, 6.07) is 0. The molecule has 2 rings (SSSR count). The topological polar surface area (TPSA) is 35.2 Å². The van der Waals surface area contributed by atoms with Crippen LogP contribution >= 0.6 is 0 Å². The van der Waals surface area contributed by atoms with Crippen molar-refractivity contribution >= 4 is 0 Å². The maximum atomic E-state index is 5.70. The monoisotopic (exact) mass is 141 g/mol. The molecule has 2 heteroatoms. The number of ether oxygens (including phenoxy) is 1. The van der Waals surface area contributed by atoms with Gasteiger partial charge in [-0.05, 0) is 38.1 Å². The molecule has 1 spiro atoms. The Kier molecular flexibility index (Phi) is 1.46. The molecule has 2 nitrogen and oxygen atoms in total. The second-order valence-electron chi connectivity index (χ2n) is 3.63. The quantitative estimate of drug-likeness (QED) is 0.589. The van der Waals surface area contributed by atoms with Crippen molar-refractivity contribution in [1.82, 2.24) is 0 Å². The van der Waals surface area contributed by atoms with Gasteiger partial charge in [-0.3, -0.25) is 0 Å². The largest absolute Gasteiger partial charge is 0.375 e. The predicted octanol–water partition coefficient (Wildman–Crippen LogP) is 0.904. The number of nitrogens with two attached hydrogens (primary N) is 1. The van der Waals surface area contributed by atoms with Gasteiger partial charge in [0.25, 0.3) is 0 Å². The third-order valence-electron chi connectivity index (χ3n) is 2.77. The van der Waals surface area contributed by atoms with E-state index in [1.807, 2.05) is 0 Å². The molecule has 0 radical (unpaired) electrons. The molecule has 1 saturated carbocycles. The molecule has 1 saturated heterocycles. The molecule has 0 aromatic carbocycles. The molecule has 1 aliphatic carbocycles. The Morgan fingerprint density at radius 2 is 2.20 bits per heavy atom. The van der Waals surface area contributed by atoms with Crippen LogP contribution < -0.4 is 5.73 Å². The van der Waals surface area contributed by atoms with Gasteiger partial charge in [-0.2, -0.15) is 0 Å². The van der Waals surface area contributed by atoms with Gasteiger partial charge in [0.05, 0.1) is 12.2 Å². The highest BCUT2D eigenvalue weighted by molar-refractivity contribution is 4.98. The van der Waals surface area contributed by atoms with Gasteiger partial charge in [0.15, 0.2) is 0 Å². The van der Waals surface area contributed by atoms with Crippen molar-refractivity contribution < 1.29 is 4.74 Å². The molecule has 0 amide bonds. The third-order valence-corrected chi connectivity index (χ3v) is 2.77. The van der Waals surface area contributed by atoms with Crippen molar-refractivity contribution in [2.45, 2.75) is 31.3 Å². The van der Waals surface area contributed by atoms with E-state index in [-0.39, 0.29) is 0 Å². The second-order valence-corrected chi connectivity index (χ2v) is 3.63. The maximum Gasteiger partial charge on any atom is 0.0685 e. The van der Waals surface area contributed by atoms with E-state index in [0.29, 0.717) is 11.5 Å². The Hall–Kier alpha value is -0.0800. The molecule has 58 valence electrons. The first-order valence-corrected chi connectivity index (χ1v) is 4.19. The van der Waals surface area contributed by atoms with Crippen LogP contribution in [0.5, 0.6) is 0 Å². The summed E-state index contributed by atoms with van der Waals surface area (Å²) in [7, 11) is 0. The van der Waals surface area contributed by atoms with Crippen LogP contribution in [0.2, 0.25) is 0 Å². The number of rotatable bonds is 1. The van der Waals surface area contributed by atoms with Gasteiger partial charge in [-0.1, -0.05) is 0 Å². The van der Waals surface area contributed by atoms with Crippen molar-refractivity contribution in [3.8, 4) is 0 Å². The fraction of sp³-hybridized carbons (Fsp3) is 1.00. The van der Waals surface area contributed by atoms with Crippen LogP contribution in [0, 0.1) is 5.92 Å². The Morgan fingerprint density at radius 1 is 1.40 bits per heavy atom. The summed E-state index contributed by atoms with van der Waals surface area (Å²) in [6.07, 6.45) is 5.14. The molecule has 1 heterocycles. The Morgan fingerprint density at radius 3 is 2.60 bits per heavy atom. The van der Waals surface area contributed by atoms with E-state index < -0.39 is 0 Å². The fourth-order valence-corrected chi connectivity index (χ4v) is 1.64. The van der Waals surface area contributed by atoms with Crippen molar-refractivity contribution in [2.24, 2.45) is 11.7 Å². The molecule has 10 heavy (non-hydrogen) atoms. The zero-order valence-electron chi connectivity index (χ0n) is 6.31. The van der Waals surface area contributed by atoms with Gasteiger partial charge in [-0.15, -0.1) is 0 Å². The molecule has 2 fully saturated rings. The zero-order chi connectivity index (χ0) is 7.03. The number of hydrogen-bond donors (Lipinski definition) is 1. The second kappa shape index (κ2) is 2.21. The summed E-state index contributed by atoms with van der Waals surface area (Å²) in [5, 5.41) is 0. The molecule has 0 aromatic heterocycles. The summed E-state index contributed by atoms with van der Waals surface area (Å²) in [5.41, 5.74) is 5.89. The first-order chi connectivity index (χ1) is 4.85. The Bertz CT molecular complexity index is 121. The molecule has 1 atom stereocenters. The van der Waals surface area contributed by atoms with Gasteiger partial charge in [-0.25, -0.2) is 0 Å². The maximum absolute atomic E-state index is 5.70. The standard InChI is InChI=1S/C8H15NO/c9-5-7-1-2-8(3-4-8)10-6-7/h7H,1-6,9H2/t7-/m1/s1. The van der Waals surface area contributed by atoms with Crippen LogP contribution in [0.25, 0.3) is 0 Å². The van der Waals surface area contributed by atoms with E-state index >= 15 is 0 Å². The first-order valence-electron chi connectivity index (χ1n) is 4.19. The van der Waals surface area contributed by atoms with Crippen molar-refractivity contribution in [2.75, 3.05) is 13.2 Å². The molecule has 1 aliphatic heterocycles. The molecular weight excluding hydrogens is 126 g/mol. The third kappa shape index (κ3) is 1.06. The van der Waals surface area contributed by atoms with Gasteiger partial charge in [0.2, 0.25) is 0 Å². The van der Waals surface area contributed by atoms with Gasteiger partial charge in [0.1, 0.15) is 0 Å². The van der Waals surface area contributed by atoms with E-state index in [2.05, 4.69) is 0 Å². The van der Waals surface area contributed by atoms with Crippen molar-refractivity contribution in [3.05, 3.63) is 0 Å². The summed E-state index contributed by atoms with van der Waals surface area (Å²) in [5.74, 6) is 0.645. The normalized spacial score (nSPS) is 36.3. The van der Waals surface area contributed by atoms with E-state index in [0.717, 1.165) is 13.2 Å². The van der Waals surface area contributed by atoms with Gasteiger partial charge >= 0.3 is 0 Å². The van der Waals surface area contributed by atoms with Crippen molar-refractivity contribution in [1.29, 1.82) is 0 Å². The minimum atomic E-state index is 0.353. The minimum absolute atomic E-state index is 0.353. The van der Waals surface area contributed by atoms with Crippen LogP contribution in [0.3, 0.4) is 0 Å². The minimum Gasteiger partial charge on any atom is -0.375 e. The van der Waals surface area contributed by atoms with E-state index in [4.69, 9.17) is 10.5 Å². The van der Waals surface area contributed by atoms with Gasteiger partial charge in [0, 0.05) is 0 Å². The van der Waals surface area contributed by atoms with Crippen LogP contribution in [-0.2, 0) is 4.74 Å². The lowest BCUT2D eigenvalue weighted by atomic mass is 9.97.